The predicted molar refractivity (Wildman–Crippen MR) is 113 cm³/mol. The maximum Gasteiger partial charge on any atom is 0.0456 e. The average molecular weight is 328 g/mol. The molecular weight excluding hydrogens is 290 g/mol. The first-order chi connectivity index (χ1) is 11.8. The molecule has 1 heteroatoms. The zero-order chi connectivity index (χ0) is 18.8. The number of para-hydroxylation sites is 1. The van der Waals surface area contributed by atoms with Crippen molar-refractivity contribution >= 4 is 10.9 Å². The molecule has 0 unspecified atom stereocenters. The Morgan fingerprint density at radius 2 is 1.21 bits per heavy atom. The smallest absolute Gasteiger partial charge is 0.0456 e. The molecule has 1 nitrogen and oxygen atoms in total. The van der Waals surface area contributed by atoms with Gasteiger partial charge in [-0.05, 0) is 30.5 Å². The molecule has 1 N–H and O–H groups in total. The minimum Gasteiger partial charge on any atom is -0.361 e. The molecule has 0 bridgehead atoms. The van der Waals surface area contributed by atoms with E-state index in [9.17, 15) is 0 Å². The van der Waals surface area contributed by atoms with E-state index in [4.69, 9.17) is 0 Å². The van der Waals surface area contributed by atoms with Gasteiger partial charge in [-0.3, -0.25) is 0 Å². The van der Waals surface area contributed by atoms with E-state index in [1.54, 1.807) is 0 Å². The number of rotatable bonds is 1. The van der Waals surface area contributed by atoms with Crippen LogP contribution >= 0.6 is 0 Å². The minimum absolute atomic E-state index is 1.14. The molecule has 2 aromatic carbocycles. The summed E-state index contributed by atoms with van der Waals surface area (Å²) in [5.74, 6) is 0. The Kier molecular flexibility index (Phi) is 17.5. The van der Waals surface area contributed by atoms with Gasteiger partial charge in [-0.1, -0.05) is 97.0 Å². The third kappa shape index (κ3) is 9.19. The van der Waals surface area contributed by atoms with Crippen LogP contribution in [0.3, 0.4) is 0 Å². The standard InChI is InChI=1S/C9H9N.C8H10.3C2H6/c1-7-6-10-9-5-3-2-4-8(7)9;1-2-8-6-4-3-5-7-8;3*1-2/h2-6,10H,1H3;3-7H,2H2,1H3;3*1-2H3. The Morgan fingerprint density at radius 3 is 1.67 bits per heavy atom. The fraction of sp³-hybridized carbons (Fsp3) is 0.391. The molecule has 134 valence electrons. The lowest BCUT2D eigenvalue weighted by Gasteiger charge is -1.89. The molecule has 3 rings (SSSR count). The molecule has 0 spiro atoms. The van der Waals surface area contributed by atoms with Crippen molar-refractivity contribution in [3.8, 4) is 0 Å². The molecule has 3 aromatic rings. The van der Waals surface area contributed by atoms with Crippen LogP contribution in [0.2, 0.25) is 0 Å². The third-order valence-corrected chi connectivity index (χ3v) is 3.05. The van der Waals surface area contributed by atoms with E-state index in [0.29, 0.717) is 0 Å². The van der Waals surface area contributed by atoms with Crippen LogP contribution in [0.25, 0.3) is 10.9 Å². The minimum atomic E-state index is 1.14. The highest BCUT2D eigenvalue weighted by molar-refractivity contribution is 5.82. The van der Waals surface area contributed by atoms with Gasteiger partial charge < -0.3 is 4.98 Å². The van der Waals surface area contributed by atoms with Crippen LogP contribution in [0.5, 0.6) is 0 Å². The van der Waals surface area contributed by atoms with Crippen LogP contribution in [-0.4, -0.2) is 4.98 Å². The predicted octanol–water partition coefficient (Wildman–Crippen LogP) is 7.80. The molecule has 0 aliphatic heterocycles. The Bertz CT molecular complexity index is 594. The lowest BCUT2D eigenvalue weighted by molar-refractivity contribution is 1.14. The largest absolute Gasteiger partial charge is 0.361 e. The zero-order valence-corrected chi connectivity index (χ0v) is 17.0. The fourth-order valence-corrected chi connectivity index (χ4v) is 1.93. The van der Waals surface area contributed by atoms with Crippen molar-refractivity contribution in [1.29, 1.82) is 0 Å². The summed E-state index contributed by atoms with van der Waals surface area (Å²) in [5, 5.41) is 1.32. The summed E-state index contributed by atoms with van der Waals surface area (Å²) in [6.45, 7) is 16.3. The van der Waals surface area contributed by atoms with Gasteiger partial charge in [0.15, 0.2) is 0 Å². The van der Waals surface area contributed by atoms with E-state index >= 15 is 0 Å². The van der Waals surface area contributed by atoms with Crippen molar-refractivity contribution in [3.63, 3.8) is 0 Å². The van der Waals surface area contributed by atoms with Crippen molar-refractivity contribution in [3.05, 3.63) is 71.9 Å². The first-order valence-electron chi connectivity index (χ1n) is 9.38. The Balaban J connectivity index is 0. The molecule has 1 aromatic heterocycles. The second-order valence-corrected chi connectivity index (χ2v) is 4.36. The molecule has 24 heavy (non-hydrogen) atoms. The Morgan fingerprint density at radius 1 is 0.708 bits per heavy atom. The highest BCUT2D eigenvalue weighted by atomic mass is 14.7. The summed E-state index contributed by atoms with van der Waals surface area (Å²) in [5.41, 5.74) is 3.95. The molecule has 0 atom stereocenters. The van der Waals surface area contributed by atoms with Crippen molar-refractivity contribution in [2.75, 3.05) is 0 Å². The molecule has 1 heterocycles. The zero-order valence-electron chi connectivity index (χ0n) is 17.0. The second-order valence-electron chi connectivity index (χ2n) is 4.36. The van der Waals surface area contributed by atoms with Crippen LogP contribution < -0.4 is 0 Å². The van der Waals surface area contributed by atoms with Gasteiger partial charge in [0.25, 0.3) is 0 Å². The normalized spacial score (nSPS) is 8.17. The van der Waals surface area contributed by atoms with Crippen molar-refractivity contribution < 1.29 is 0 Å². The number of fused-ring (bicyclic) bond motifs is 1. The summed E-state index contributed by atoms with van der Waals surface area (Å²) in [6, 6.07) is 18.8. The van der Waals surface area contributed by atoms with Gasteiger partial charge in [-0.2, -0.15) is 0 Å². The number of hydrogen-bond acceptors (Lipinski definition) is 0. The highest BCUT2D eigenvalue weighted by Gasteiger charge is 1.94. The Labute approximate surface area is 150 Å². The Hall–Kier alpha value is -2.02. The first-order valence-corrected chi connectivity index (χ1v) is 9.38. The van der Waals surface area contributed by atoms with Gasteiger partial charge >= 0.3 is 0 Å². The molecular formula is C23H37N. The quantitative estimate of drug-likeness (QED) is 0.469. The molecule has 0 aliphatic rings. The molecule has 0 amide bonds. The van der Waals surface area contributed by atoms with Crippen LogP contribution in [-0.2, 0) is 6.42 Å². The maximum absolute atomic E-state index is 3.19. The fourth-order valence-electron chi connectivity index (χ4n) is 1.93. The maximum atomic E-state index is 3.19. The summed E-state index contributed by atoms with van der Waals surface area (Å²) in [6.07, 6.45) is 3.17. The third-order valence-electron chi connectivity index (χ3n) is 3.05. The lowest BCUT2D eigenvalue weighted by atomic mass is 10.2. The molecule has 0 aliphatic carbocycles. The summed E-state index contributed by atoms with van der Waals surface area (Å²) in [4.78, 5) is 3.19. The van der Waals surface area contributed by atoms with Crippen LogP contribution in [0, 0.1) is 6.92 Å². The molecule has 0 radical (unpaired) electrons. The number of aryl methyl sites for hydroxylation is 2. The van der Waals surface area contributed by atoms with Crippen LogP contribution in [0.15, 0.2) is 60.8 Å². The van der Waals surface area contributed by atoms with E-state index in [1.165, 1.54) is 22.0 Å². The van der Waals surface area contributed by atoms with Crippen LogP contribution in [0.4, 0.5) is 0 Å². The van der Waals surface area contributed by atoms with E-state index in [-0.39, 0.29) is 0 Å². The summed E-state index contributed by atoms with van der Waals surface area (Å²) < 4.78 is 0. The molecule has 0 saturated heterocycles. The van der Waals surface area contributed by atoms with Crippen molar-refractivity contribution in [1.82, 2.24) is 4.98 Å². The van der Waals surface area contributed by atoms with Crippen molar-refractivity contribution in [2.24, 2.45) is 0 Å². The second kappa shape index (κ2) is 17.3. The number of aromatic amines is 1. The number of benzene rings is 2. The summed E-state index contributed by atoms with van der Waals surface area (Å²) >= 11 is 0. The van der Waals surface area contributed by atoms with Gasteiger partial charge in [0.05, 0.1) is 0 Å². The van der Waals surface area contributed by atoms with E-state index in [2.05, 4.69) is 61.3 Å². The number of nitrogens with one attached hydrogen (secondary N) is 1. The average Bonchev–Trinajstić information content (AvgIpc) is 3.09. The highest BCUT2D eigenvalue weighted by Crippen LogP contribution is 2.15. The van der Waals surface area contributed by atoms with Gasteiger partial charge in [0.2, 0.25) is 0 Å². The van der Waals surface area contributed by atoms with Gasteiger partial charge in [-0.15, -0.1) is 0 Å². The van der Waals surface area contributed by atoms with Gasteiger partial charge in [0, 0.05) is 17.1 Å². The molecule has 0 fully saturated rings. The van der Waals surface area contributed by atoms with Gasteiger partial charge in [-0.25, -0.2) is 0 Å². The first kappa shape index (κ1) is 24.2. The van der Waals surface area contributed by atoms with Gasteiger partial charge in [0.1, 0.15) is 0 Å². The SMILES string of the molecule is CC.CC.CC.CCc1ccccc1.Cc1c[nH]c2ccccc12. The monoisotopic (exact) mass is 327 g/mol. The number of hydrogen-bond donors (Lipinski definition) is 1. The van der Waals surface area contributed by atoms with E-state index in [0.717, 1.165) is 6.42 Å². The molecule has 0 saturated carbocycles. The summed E-state index contributed by atoms with van der Waals surface area (Å²) in [7, 11) is 0. The topological polar surface area (TPSA) is 15.8 Å². The van der Waals surface area contributed by atoms with Crippen molar-refractivity contribution in [2.45, 2.75) is 61.8 Å². The number of aromatic nitrogens is 1. The lowest BCUT2D eigenvalue weighted by Crippen LogP contribution is -1.73. The van der Waals surface area contributed by atoms with E-state index in [1.807, 2.05) is 59.9 Å². The number of H-pyrrole nitrogens is 1. The van der Waals surface area contributed by atoms with E-state index < -0.39 is 0 Å². The van der Waals surface area contributed by atoms with Crippen LogP contribution in [0.1, 0.15) is 59.6 Å².